The maximum atomic E-state index is 11.8. The van der Waals surface area contributed by atoms with E-state index in [4.69, 9.17) is 5.73 Å². The Labute approximate surface area is 95.8 Å². The number of halogens is 3. The Balaban J connectivity index is 3.41. The zero-order valence-electron chi connectivity index (χ0n) is 10.3. The van der Waals surface area contributed by atoms with Crippen LogP contribution in [0.1, 0.15) is 40.0 Å². The van der Waals surface area contributed by atoms with E-state index >= 15 is 0 Å². The molecule has 1 atom stereocenters. The highest BCUT2D eigenvalue weighted by molar-refractivity contribution is 4.77. The molecule has 98 valence electrons. The van der Waals surface area contributed by atoms with Gasteiger partial charge in [-0.2, -0.15) is 13.2 Å². The summed E-state index contributed by atoms with van der Waals surface area (Å²) in [6.45, 7) is 7.25. The SMILES string of the molecule is CC(C)(C)C(N)CCNCCCC(F)(F)F. The van der Waals surface area contributed by atoms with E-state index in [9.17, 15) is 13.2 Å². The maximum absolute atomic E-state index is 11.8. The highest BCUT2D eigenvalue weighted by atomic mass is 19.4. The Morgan fingerprint density at radius 3 is 2.12 bits per heavy atom. The van der Waals surface area contributed by atoms with Gasteiger partial charge >= 0.3 is 6.18 Å². The maximum Gasteiger partial charge on any atom is 0.389 e. The van der Waals surface area contributed by atoms with Gasteiger partial charge in [-0.1, -0.05) is 20.8 Å². The van der Waals surface area contributed by atoms with Crippen molar-refractivity contribution in [3.8, 4) is 0 Å². The lowest BCUT2D eigenvalue weighted by atomic mass is 9.85. The molecule has 1 unspecified atom stereocenters. The predicted octanol–water partition coefficient (Wildman–Crippen LogP) is 2.68. The molecule has 3 N–H and O–H groups in total. The molecule has 0 aliphatic heterocycles. The second-order valence-electron chi connectivity index (χ2n) is 5.23. The number of rotatable bonds is 6. The van der Waals surface area contributed by atoms with Crippen LogP contribution in [0.4, 0.5) is 13.2 Å². The second kappa shape index (κ2) is 6.45. The zero-order chi connectivity index (χ0) is 12.8. The zero-order valence-corrected chi connectivity index (χ0v) is 10.3. The van der Waals surface area contributed by atoms with Gasteiger partial charge in [-0.3, -0.25) is 0 Å². The molecule has 0 amide bonds. The summed E-state index contributed by atoms with van der Waals surface area (Å²) in [5.74, 6) is 0. The van der Waals surface area contributed by atoms with Gasteiger partial charge in [0.15, 0.2) is 0 Å². The third kappa shape index (κ3) is 8.97. The summed E-state index contributed by atoms with van der Waals surface area (Å²) < 4.78 is 35.4. The highest BCUT2D eigenvalue weighted by Crippen LogP contribution is 2.21. The van der Waals surface area contributed by atoms with E-state index < -0.39 is 12.6 Å². The largest absolute Gasteiger partial charge is 0.389 e. The number of hydrogen-bond donors (Lipinski definition) is 2. The van der Waals surface area contributed by atoms with Crippen molar-refractivity contribution in [3.63, 3.8) is 0 Å². The molecule has 0 aromatic rings. The Morgan fingerprint density at radius 2 is 1.69 bits per heavy atom. The normalized spacial score (nSPS) is 15.2. The van der Waals surface area contributed by atoms with Crippen molar-refractivity contribution in [2.45, 2.75) is 52.3 Å². The Kier molecular flexibility index (Phi) is 6.33. The van der Waals surface area contributed by atoms with Crippen molar-refractivity contribution in [3.05, 3.63) is 0 Å². The number of nitrogens with two attached hydrogens (primary N) is 1. The Bertz CT molecular complexity index is 185. The molecule has 0 radical (unpaired) electrons. The summed E-state index contributed by atoms with van der Waals surface area (Å²) in [5, 5.41) is 2.98. The molecule has 0 aliphatic rings. The number of alkyl halides is 3. The minimum Gasteiger partial charge on any atom is -0.327 e. The molecule has 0 aromatic carbocycles. The van der Waals surface area contributed by atoms with Gasteiger partial charge in [0.2, 0.25) is 0 Å². The smallest absolute Gasteiger partial charge is 0.327 e. The molecular weight excluding hydrogens is 217 g/mol. The summed E-state index contributed by atoms with van der Waals surface area (Å²) in [5.41, 5.74) is 5.96. The summed E-state index contributed by atoms with van der Waals surface area (Å²) in [6.07, 6.45) is -3.83. The number of nitrogens with one attached hydrogen (secondary N) is 1. The third-order valence-electron chi connectivity index (χ3n) is 2.56. The summed E-state index contributed by atoms with van der Waals surface area (Å²) in [6, 6.07) is 0.0719. The first-order valence-electron chi connectivity index (χ1n) is 5.66. The van der Waals surface area contributed by atoms with E-state index in [-0.39, 0.29) is 17.9 Å². The quantitative estimate of drug-likeness (QED) is 0.700. The lowest BCUT2D eigenvalue weighted by Crippen LogP contribution is -2.37. The molecule has 0 saturated carbocycles. The molecular formula is C11H23F3N2. The van der Waals surface area contributed by atoms with Crippen molar-refractivity contribution < 1.29 is 13.2 Å². The molecule has 0 aliphatic carbocycles. The van der Waals surface area contributed by atoms with Crippen molar-refractivity contribution in [1.29, 1.82) is 0 Å². The molecule has 0 bridgehead atoms. The van der Waals surface area contributed by atoms with Crippen LogP contribution in [-0.4, -0.2) is 25.3 Å². The molecule has 5 heteroatoms. The first-order chi connectivity index (χ1) is 7.13. The topological polar surface area (TPSA) is 38.0 Å². The molecule has 2 nitrogen and oxygen atoms in total. The van der Waals surface area contributed by atoms with Crippen LogP contribution < -0.4 is 11.1 Å². The average Bonchev–Trinajstić information content (AvgIpc) is 2.07. The molecule has 0 rings (SSSR count). The average molecular weight is 240 g/mol. The molecule has 16 heavy (non-hydrogen) atoms. The van der Waals surface area contributed by atoms with Crippen LogP contribution in [-0.2, 0) is 0 Å². The van der Waals surface area contributed by atoms with Crippen LogP contribution in [0.25, 0.3) is 0 Å². The van der Waals surface area contributed by atoms with Crippen LogP contribution in [0, 0.1) is 5.41 Å². The van der Waals surface area contributed by atoms with Gasteiger partial charge in [0.25, 0.3) is 0 Å². The Hall–Kier alpha value is -0.290. The van der Waals surface area contributed by atoms with Gasteiger partial charge in [0.05, 0.1) is 0 Å². The number of hydrogen-bond acceptors (Lipinski definition) is 2. The van der Waals surface area contributed by atoms with Gasteiger partial charge in [-0.15, -0.1) is 0 Å². The van der Waals surface area contributed by atoms with E-state index in [2.05, 4.69) is 26.1 Å². The van der Waals surface area contributed by atoms with Crippen LogP contribution in [0.5, 0.6) is 0 Å². The summed E-state index contributed by atoms with van der Waals surface area (Å²) in [7, 11) is 0. The van der Waals surface area contributed by atoms with E-state index in [1.54, 1.807) is 0 Å². The van der Waals surface area contributed by atoms with Crippen LogP contribution in [0.15, 0.2) is 0 Å². The molecule has 0 saturated heterocycles. The van der Waals surface area contributed by atoms with Gasteiger partial charge in [0.1, 0.15) is 0 Å². The van der Waals surface area contributed by atoms with Gasteiger partial charge in [0, 0.05) is 12.5 Å². The molecule has 0 fully saturated rings. The van der Waals surface area contributed by atoms with Crippen molar-refractivity contribution in [1.82, 2.24) is 5.32 Å². The van der Waals surface area contributed by atoms with E-state index in [0.717, 1.165) is 6.42 Å². The lowest BCUT2D eigenvalue weighted by molar-refractivity contribution is -0.135. The Morgan fingerprint density at radius 1 is 1.12 bits per heavy atom. The van der Waals surface area contributed by atoms with E-state index in [0.29, 0.717) is 13.1 Å². The fourth-order valence-electron chi connectivity index (χ4n) is 1.23. The van der Waals surface area contributed by atoms with E-state index in [1.165, 1.54) is 0 Å². The second-order valence-corrected chi connectivity index (χ2v) is 5.23. The molecule has 0 spiro atoms. The van der Waals surface area contributed by atoms with Gasteiger partial charge < -0.3 is 11.1 Å². The molecule has 0 aromatic heterocycles. The van der Waals surface area contributed by atoms with Crippen molar-refractivity contribution in [2.24, 2.45) is 11.1 Å². The van der Waals surface area contributed by atoms with E-state index in [1.807, 2.05) is 0 Å². The standard InChI is InChI=1S/C11H23F3N2/c1-10(2,3)9(15)5-8-16-7-4-6-11(12,13)14/h9,16H,4-8,15H2,1-3H3. The van der Waals surface area contributed by atoms with Crippen LogP contribution in [0.3, 0.4) is 0 Å². The first kappa shape index (κ1) is 15.7. The monoisotopic (exact) mass is 240 g/mol. The van der Waals surface area contributed by atoms with Crippen molar-refractivity contribution >= 4 is 0 Å². The minimum atomic E-state index is -4.04. The predicted molar refractivity (Wildman–Crippen MR) is 60.2 cm³/mol. The minimum absolute atomic E-state index is 0.0493. The summed E-state index contributed by atoms with van der Waals surface area (Å²) in [4.78, 5) is 0. The van der Waals surface area contributed by atoms with Gasteiger partial charge in [-0.25, -0.2) is 0 Å². The summed E-state index contributed by atoms with van der Waals surface area (Å²) >= 11 is 0. The fraction of sp³-hybridized carbons (Fsp3) is 1.00. The third-order valence-corrected chi connectivity index (χ3v) is 2.56. The van der Waals surface area contributed by atoms with Gasteiger partial charge in [-0.05, 0) is 31.3 Å². The van der Waals surface area contributed by atoms with Crippen LogP contribution in [0.2, 0.25) is 0 Å². The lowest BCUT2D eigenvalue weighted by Gasteiger charge is -2.27. The van der Waals surface area contributed by atoms with Crippen molar-refractivity contribution in [2.75, 3.05) is 13.1 Å². The fourth-order valence-corrected chi connectivity index (χ4v) is 1.23. The molecule has 0 heterocycles. The first-order valence-corrected chi connectivity index (χ1v) is 5.66. The highest BCUT2D eigenvalue weighted by Gasteiger charge is 2.25. The van der Waals surface area contributed by atoms with Crippen LogP contribution >= 0.6 is 0 Å².